The Labute approximate surface area is 166 Å². The van der Waals surface area contributed by atoms with Gasteiger partial charge in [-0.15, -0.1) is 34.2 Å². The molecule has 0 atom stereocenters. The van der Waals surface area contributed by atoms with E-state index >= 15 is 0 Å². The minimum absolute atomic E-state index is 0. The maximum absolute atomic E-state index is 4.35. The van der Waals surface area contributed by atoms with Crippen molar-refractivity contribution in [1.82, 2.24) is 25.2 Å². The van der Waals surface area contributed by atoms with Crippen molar-refractivity contribution in [3.8, 4) is 0 Å². The van der Waals surface area contributed by atoms with Gasteiger partial charge in [-0.2, -0.15) is 0 Å². The molecule has 3 rings (SSSR count). The lowest BCUT2D eigenvalue weighted by Crippen LogP contribution is -2.45. The van der Waals surface area contributed by atoms with Crippen molar-refractivity contribution < 1.29 is 0 Å². The number of guanidine groups is 1. The van der Waals surface area contributed by atoms with Crippen LogP contribution < -0.4 is 10.6 Å². The zero-order valence-corrected chi connectivity index (χ0v) is 17.6. The number of rotatable bonds is 4. The lowest BCUT2D eigenvalue weighted by molar-refractivity contribution is 0.250. The molecule has 0 bridgehead atoms. The van der Waals surface area contributed by atoms with Crippen LogP contribution in [0, 0.1) is 11.8 Å². The van der Waals surface area contributed by atoms with Crippen molar-refractivity contribution in [3.63, 3.8) is 0 Å². The molecule has 25 heavy (non-hydrogen) atoms. The fraction of sp³-hybridized carbons (Fsp3) is 0.611. The second kappa shape index (κ2) is 9.35. The van der Waals surface area contributed by atoms with Crippen molar-refractivity contribution in [1.29, 1.82) is 0 Å². The molecule has 0 aliphatic heterocycles. The first kappa shape index (κ1) is 19.9. The highest BCUT2D eigenvalue weighted by atomic mass is 127. The number of aliphatic imine (C=N–C) groups is 1. The average molecular weight is 456 g/mol. The topological polar surface area (TPSA) is 66.6 Å². The molecule has 2 N–H and O–H groups in total. The van der Waals surface area contributed by atoms with Crippen LogP contribution in [-0.2, 0) is 6.54 Å². The standard InChI is InChI=1S/C18H28N6.HI/c1-13(2)14-7-9-15(10-8-14)21-18(19-3)20-12-17-23-22-16-6-4-5-11-24(16)17;/h4-6,11,13-15H,7-10,12H2,1-3H3,(H2,19,20,21);1H. The first-order valence-electron chi connectivity index (χ1n) is 8.93. The fourth-order valence-electron chi connectivity index (χ4n) is 3.49. The van der Waals surface area contributed by atoms with Gasteiger partial charge in [-0.05, 0) is 49.7 Å². The van der Waals surface area contributed by atoms with E-state index in [1.54, 1.807) is 0 Å². The van der Waals surface area contributed by atoms with Gasteiger partial charge in [0.25, 0.3) is 0 Å². The van der Waals surface area contributed by atoms with Gasteiger partial charge >= 0.3 is 0 Å². The molecule has 0 saturated heterocycles. The quantitative estimate of drug-likeness (QED) is 0.421. The number of nitrogens with zero attached hydrogens (tertiary/aromatic N) is 4. The van der Waals surface area contributed by atoms with E-state index in [0.29, 0.717) is 12.6 Å². The van der Waals surface area contributed by atoms with E-state index in [0.717, 1.165) is 29.3 Å². The maximum Gasteiger partial charge on any atom is 0.191 e. The molecule has 2 aromatic heterocycles. The molecule has 0 radical (unpaired) electrons. The highest BCUT2D eigenvalue weighted by Gasteiger charge is 2.23. The summed E-state index contributed by atoms with van der Waals surface area (Å²) in [4.78, 5) is 4.35. The van der Waals surface area contributed by atoms with Gasteiger partial charge in [0.1, 0.15) is 0 Å². The molecule has 6 nitrogen and oxygen atoms in total. The van der Waals surface area contributed by atoms with Gasteiger partial charge in [0.15, 0.2) is 17.4 Å². The van der Waals surface area contributed by atoms with Crippen LogP contribution in [0.2, 0.25) is 0 Å². The van der Waals surface area contributed by atoms with Crippen molar-refractivity contribution in [2.24, 2.45) is 16.8 Å². The highest BCUT2D eigenvalue weighted by Crippen LogP contribution is 2.29. The minimum atomic E-state index is 0. The molecule has 0 spiro atoms. The minimum Gasteiger partial charge on any atom is -0.354 e. The van der Waals surface area contributed by atoms with Crippen molar-refractivity contribution >= 4 is 35.6 Å². The molecule has 0 aromatic carbocycles. The Kier molecular flexibility index (Phi) is 7.46. The van der Waals surface area contributed by atoms with Crippen LogP contribution in [0.15, 0.2) is 29.4 Å². The van der Waals surface area contributed by atoms with E-state index in [1.807, 2.05) is 35.8 Å². The number of nitrogens with one attached hydrogen (secondary N) is 2. The van der Waals surface area contributed by atoms with Gasteiger partial charge in [0.05, 0.1) is 6.54 Å². The van der Waals surface area contributed by atoms with Crippen LogP contribution >= 0.6 is 24.0 Å². The smallest absolute Gasteiger partial charge is 0.191 e. The van der Waals surface area contributed by atoms with E-state index in [9.17, 15) is 0 Å². The summed E-state index contributed by atoms with van der Waals surface area (Å²) >= 11 is 0. The Morgan fingerprint density at radius 1 is 1.24 bits per heavy atom. The Hall–Kier alpha value is -1.38. The van der Waals surface area contributed by atoms with Crippen LogP contribution in [0.25, 0.3) is 5.65 Å². The maximum atomic E-state index is 4.35. The number of halogens is 1. The molecule has 1 saturated carbocycles. The second-order valence-corrected chi connectivity index (χ2v) is 6.97. The lowest BCUT2D eigenvalue weighted by atomic mass is 9.80. The van der Waals surface area contributed by atoms with Gasteiger partial charge in [0.2, 0.25) is 0 Å². The molecule has 138 valence electrons. The summed E-state index contributed by atoms with van der Waals surface area (Å²) in [7, 11) is 1.82. The third-order valence-corrected chi connectivity index (χ3v) is 5.08. The highest BCUT2D eigenvalue weighted by molar-refractivity contribution is 14.0. The Balaban J connectivity index is 0.00000225. The number of aromatic nitrogens is 3. The summed E-state index contributed by atoms with van der Waals surface area (Å²) in [6.07, 6.45) is 7.03. The van der Waals surface area contributed by atoms with Crippen LogP contribution in [0.5, 0.6) is 0 Å². The van der Waals surface area contributed by atoms with Crippen LogP contribution in [0.4, 0.5) is 0 Å². The number of hydrogen-bond acceptors (Lipinski definition) is 3. The fourth-order valence-corrected chi connectivity index (χ4v) is 3.49. The number of hydrogen-bond donors (Lipinski definition) is 2. The molecule has 2 heterocycles. The molecular formula is C18H29IN6. The van der Waals surface area contributed by atoms with Crippen LogP contribution in [-0.4, -0.2) is 33.6 Å². The average Bonchev–Trinajstić information content (AvgIpc) is 3.02. The predicted octanol–water partition coefficient (Wildman–Crippen LogP) is 3.23. The summed E-state index contributed by atoms with van der Waals surface area (Å²) < 4.78 is 1.99. The molecule has 2 aromatic rings. The SMILES string of the molecule is CN=C(NCc1nnc2ccccn12)NC1CCC(C(C)C)CC1.I. The van der Waals surface area contributed by atoms with Crippen molar-refractivity contribution in [3.05, 3.63) is 30.2 Å². The largest absolute Gasteiger partial charge is 0.354 e. The van der Waals surface area contributed by atoms with Gasteiger partial charge in [-0.25, -0.2) is 0 Å². The van der Waals surface area contributed by atoms with Gasteiger partial charge in [-0.3, -0.25) is 9.39 Å². The monoisotopic (exact) mass is 456 g/mol. The van der Waals surface area contributed by atoms with E-state index in [1.165, 1.54) is 25.7 Å². The van der Waals surface area contributed by atoms with E-state index < -0.39 is 0 Å². The summed E-state index contributed by atoms with van der Waals surface area (Å²) in [5.41, 5.74) is 0.865. The summed E-state index contributed by atoms with van der Waals surface area (Å²) in [5.74, 6) is 3.40. The molecule has 0 amide bonds. The Bertz CT molecular complexity index is 688. The van der Waals surface area contributed by atoms with Gasteiger partial charge < -0.3 is 10.6 Å². The normalized spacial score (nSPS) is 21.2. The molecule has 7 heteroatoms. The lowest BCUT2D eigenvalue weighted by Gasteiger charge is -2.32. The van der Waals surface area contributed by atoms with Crippen LogP contribution in [0.1, 0.15) is 45.4 Å². The summed E-state index contributed by atoms with van der Waals surface area (Å²) in [6, 6.07) is 6.42. The molecular weight excluding hydrogens is 427 g/mol. The van der Waals surface area contributed by atoms with Crippen molar-refractivity contribution in [2.45, 2.75) is 52.1 Å². The first-order chi connectivity index (χ1) is 11.7. The van der Waals surface area contributed by atoms with E-state index in [4.69, 9.17) is 0 Å². The Morgan fingerprint density at radius 2 is 2.00 bits per heavy atom. The molecule has 1 aliphatic carbocycles. The van der Waals surface area contributed by atoms with E-state index in [2.05, 4.69) is 39.7 Å². The van der Waals surface area contributed by atoms with Gasteiger partial charge in [0, 0.05) is 19.3 Å². The summed E-state index contributed by atoms with van der Waals surface area (Å²) in [5, 5.41) is 15.3. The van der Waals surface area contributed by atoms with Crippen molar-refractivity contribution in [2.75, 3.05) is 7.05 Å². The molecule has 1 fully saturated rings. The second-order valence-electron chi connectivity index (χ2n) is 6.97. The predicted molar refractivity (Wildman–Crippen MR) is 112 cm³/mol. The zero-order valence-electron chi connectivity index (χ0n) is 15.3. The number of pyridine rings is 1. The number of fused-ring (bicyclic) bond motifs is 1. The third-order valence-electron chi connectivity index (χ3n) is 5.08. The van der Waals surface area contributed by atoms with Gasteiger partial charge in [-0.1, -0.05) is 19.9 Å². The Morgan fingerprint density at radius 3 is 2.68 bits per heavy atom. The zero-order chi connectivity index (χ0) is 16.9. The first-order valence-corrected chi connectivity index (χ1v) is 8.93. The molecule has 1 aliphatic rings. The summed E-state index contributed by atoms with van der Waals surface area (Å²) in [6.45, 7) is 5.27. The molecule has 0 unspecified atom stereocenters. The van der Waals surface area contributed by atoms with E-state index in [-0.39, 0.29) is 24.0 Å². The third kappa shape index (κ3) is 5.05. The van der Waals surface area contributed by atoms with Crippen LogP contribution in [0.3, 0.4) is 0 Å².